The van der Waals surface area contributed by atoms with Crippen molar-refractivity contribution in [2.24, 2.45) is 5.92 Å². The second kappa shape index (κ2) is 8.36. The molecule has 3 aromatic carbocycles. The minimum atomic E-state index is -0.767. The molecule has 1 N–H and O–H groups in total. The molecule has 0 saturated carbocycles. The van der Waals surface area contributed by atoms with Gasteiger partial charge in [-0.2, -0.15) is 0 Å². The summed E-state index contributed by atoms with van der Waals surface area (Å²) >= 11 is 0. The molecule has 1 amide bonds. The van der Waals surface area contributed by atoms with E-state index in [0.717, 1.165) is 11.1 Å². The van der Waals surface area contributed by atoms with Crippen LogP contribution in [0.4, 0.5) is 14.5 Å². The lowest BCUT2D eigenvalue weighted by molar-refractivity contribution is -0.131. The van der Waals surface area contributed by atoms with Crippen LogP contribution in [-0.2, 0) is 4.79 Å². The van der Waals surface area contributed by atoms with Crippen LogP contribution in [0.3, 0.4) is 0 Å². The summed E-state index contributed by atoms with van der Waals surface area (Å²) in [7, 11) is 0. The van der Waals surface area contributed by atoms with Crippen molar-refractivity contribution in [3.05, 3.63) is 101 Å². The molecule has 5 heteroatoms. The van der Waals surface area contributed by atoms with Crippen molar-refractivity contribution in [2.75, 3.05) is 4.90 Å². The normalized spacial score (nSPS) is 19.5. The van der Waals surface area contributed by atoms with Crippen LogP contribution < -0.4 is 4.90 Å². The first-order valence-corrected chi connectivity index (χ1v) is 10.0. The molecule has 0 bridgehead atoms. The molecule has 3 atom stereocenters. The Balaban J connectivity index is 1.55. The van der Waals surface area contributed by atoms with E-state index in [1.807, 2.05) is 31.2 Å². The molecule has 0 unspecified atom stereocenters. The van der Waals surface area contributed by atoms with Crippen LogP contribution in [0.5, 0.6) is 0 Å². The summed E-state index contributed by atoms with van der Waals surface area (Å²) in [5.41, 5.74) is 3.42. The van der Waals surface area contributed by atoms with Crippen LogP contribution in [0.15, 0.2) is 72.8 Å². The zero-order valence-electron chi connectivity index (χ0n) is 16.6. The van der Waals surface area contributed by atoms with Gasteiger partial charge >= 0.3 is 0 Å². The van der Waals surface area contributed by atoms with Gasteiger partial charge in [0, 0.05) is 5.69 Å². The molecule has 0 aromatic heterocycles. The number of amides is 1. The zero-order chi connectivity index (χ0) is 21.3. The fourth-order valence-corrected chi connectivity index (χ4v) is 4.05. The lowest BCUT2D eigenvalue weighted by Crippen LogP contribution is -2.55. The Hall–Kier alpha value is -3.05. The minimum absolute atomic E-state index is 0.0431. The molecule has 4 rings (SSSR count). The van der Waals surface area contributed by atoms with Crippen LogP contribution in [-0.4, -0.2) is 11.0 Å². The monoisotopic (exact) mass is 407 g/mol. The first-order chi connectivity index (χ1) is 14.4. The van der Waals surface area contributed by atoms with Crippen molar-refractivity contribution < 1.29 is 18.7 Å². The summed E-state index contributed by atoms with van der Waals surface area (Å²) in [6.45, 7) is 2.00. The molecule has 1 aliphatic heterocycles. The van der Waals surface area contributed by atoms with E-state index in [4.69, 9.17) is 0 Å². The highest BCUT2D eigenvalue weighted by atomic mass is 19.1. The van der Waals surface area contributed by atoms with Gasteiger partial charge in [0.25, 0.3) is 0 Å². The van der Waals surface area contributed by atoms with Gasteiger partial charge in [0.2, 0.25) is 5.91 Å². The maximum absolute atomic E-state index is 13.4. The standard InChI is InChI=1S/C25H23F2NO2/c1-16-2-4-18(5-3-16)24-22(14-15-23(29)17-6-8-19(26)9-7-17)25(30)28(24)21-12-10-20(27)11-13-21/h2-13,22-24,29H,14-15H2,1H3/t22-,23+,24-/m1/s1. The number of anilines is 1. The lowest BCUT2D eigenvalue weighted by Gasteiger charge is -2.48. The van der Waals surface area contributed by atoms with E-state index in [9.17, 15) is 18.7 Å². The van der Waals surface area contributed by atoms with E-state index in [2.05, 4.69) is 0 Å². The van der Waals surface area contributed by atoms with Gasteiger partial charge in [-0.15, -0.1) is 0 Å². The molecular formula is C25H23F2NO2. The van der Waals surface area contributed by atoms with Crippen LogP contribution in [0.1, 0.15) is 41.7 Å². The Morgan fingerprint density at radius 3 is 2.07 bits per heavy atom. The second-order valence-corrected chi connectivity index (χ2v) is 7.79. The molecule has 3 aromatic rings. The molecule has 30 heavy (non-hydrogen) atoms. The third kappa shape index (κ3) is 3.98. The van der Waals surface area contributed by atoms with Crippen molar-refractivity contribution in [3.63, 3.8) is 0 Å². The molecule has 0 aliphatic carbocycles. The number of aliphatic hydroxyl groups is 1. The first-order valence-electron chi connectivity index (χ1n) is 10.0. The highest BCUT2D eigenvalue weighted by Gasteiger charge is 2.48. The van der Waals surface area contributed by atoms with Crippen LogP contribution in [0, 0.1) is 24.5 Å². The number of rotatable bonds is 6. The molecule has 0 radical (unpaired) electrons. The number of aliphatic hydroxyl groups excluding tert-OH is 1. The number of carbonyl (C=O) groups excluding carboxylic acids is 1. The SMILES string of the molecule is Cc1ccc([C@@H]2[C@@H](CC[C@H](O)c3ccc(F)cc3)C(=O)N2c2ccc(F)cc2)cc1. The highest BCUT2D eigenvalue weighted by molar-refractivity contribution is 6.03. The number of β-lactam (4-membered cyclic amide) rings is 1. The van der Waals surface area contributed by atoms with E-state index in [1.165, 1.54) is 24.3 Å². The van der Waals surface area contributed by atoms with Crippen molar-refractivity contribution in [2.45, 2.75) is 31.9 Å². The highest BCUT2D eigenvalue weighted by Crippen LogP contribution is 2.46. The maximum atomic E-state index is 13.4. The van der Waals surface area contributed by atoms with Gasteiger partial charge in [-0.1, -0.05) is 42.0 Å². The third-order valence-corrected chi connectivity index (χ3v) is 5.74. The molecule has 0 spiro atoms. The molecule has 1 heterocycles. The zero-order valence-corrected chi connectivity index (χ0v) is 16.6. The fourth-order valence-electron chi connectivity index (χ4n) is 4.05. The largest absolute Gasteiger partial charge is 0.388 e. The average molecular weight is 407 g/mol. The van der Waals surface area contributed by atoms with Crippen molar-refractivity contribution in [1.82, 2.24) is 0 Å². The van der Waals surface area contributed by atoms with Gasteiger partial charge in [-0.25, -0.2) is 8.78 Å². The van der Waals surface area contributed by atoms with E-state index in [0.29, 0.717) is 24.1 Å². The topological polar surface area (TPSA) is 40.5 Å². The van der Waals surface area contributed by atoms with Gasteiger partial charge < -0.3 is 10.0 Å². The fraction of sp³-hybridized carbons (Fsp3) is 0.240. The second-order valence-electron chi connectivity index (χ2n) is 7.79. The number of aryl methyl sites for hydroxylation is 1. The van der Waals surface area contributed by atoms with Gasteiger partial charge in [0.15, 0.2) is 0 Å². The van der Waals surface area contributed by atoms with E-state index >= 15 is 0 Å². The maximum Gasteiger partial charge on any atom is 0.233 e. The van der Waals surface area contributed by atoms with Gasteiger partial charge in [-0.3, -0.25) is 4.79 Å². The Morgan fingerprint density at radius 2 is 1.47 bits per heavy atom. The quantitative estimate of drug-likeness (QED) is 0.549. The van der Waals surface area contributed by atoms with Crippen molar-refractivity contribution in [3.8, 4) is 0 Å². The Bertz CT molecular complexity index is 1020. The van der Waals surface area contributed by atoms with Gasteiger partial charge in [0.1, 0.15) is 11.6 Å². The van der Waals surface area contributed by atoms with Gasteiger partial charge in [-0.05, 0) is 67.3 Å². The summed E-state index contributed by atoms with van der Waals surface area (Å²) in [6, 6.07) is 19.5. The summed E-state index contributed by atoms with van der Waals surface area (Å²) in [6.07, 6.45) is 0.117. The van der Waals surface area contributed by atoms with Crippen molar-refractivity contribution in [1.29, 1.82) is 0 Å². The number of hydrogen-bond donors (Lipinski definition) is 1. The van der Waals surface area contributed by atoms with Crippen LogP contribution >= 0.6 is 0 Å². The molecule has 3 nitrogen and oxygen atoms in total. The van der Waals surface area contributed by atoms with E-state index in [-0.39, 0.29) is 29.5 Å². The summed E-state index contributed by atoms with van der Waals surface area (Å²) in [4.78, 5) is 14.7. The lowest BCUT2D eigenvalue weighted by atomic mass is 9.78. The Kier molecular flexibility index (Phi) is 5.64. The molecule has 1 fully saturated rings. The first kappa shape index (κ1) is 20.2. The predicted molar refractivity (Wildman–Crippen MR) is 112 cm³/mol. The Labute approximate surface area is 174 Å². The predicted octanol–water partition coefficient (Wildman–Crippen LogP) is 5.49. The van der Waals surface area contributed by atoms with Gasteiger partial charge in [0.05, 0.1) is 18.1 Å². The number of nitrogens with zero attached hydrogens (tertiary/aromatic N) is 1. The Morgan fingerprint density at radius 1 is 0.900 bits per heavy atom. The summed E-state index contributed by atoms with van der Waals surface area (Å²) < 4.78 is 26.5. The number of halogens is 2. The van der Waals surface area contributed by atoms with E-state index in [1.54, 1.807) is 29.2 Å². The third-order valence-electron chi connectivity index (χ3n) is 5.74. The molecule has 1 saturated heterocycles. The molecular weight excluding hydrogens is 384 g/mol. The smallest absolute Gasteiger partial charge is 0.233 e. The van der Waals surface area contributed by atoms with E-state index < -0.39 is 6.10 Å². The number of hydrogen-bond acceptors (Lipinski definition) is 2. The molecule has 1 aliphatic rings. The van der Waals surface area contributed by atoms with Crippen LogP contribution in [0.25, 0.3) is 0 Å². The number of carbonyl (C=O) groups is 1. The van der Waals surface area contributed by atoms with Crippen molar-refractivity contribution >= 4 is 11.6 Å². The van der Waals surface area contributed by atoms with Crippen LogP contribution in [0.2, 0.25) is 0 Å². The summed E-state index contributed by atoms with van der Waals surface area (Å²) in [5.74, 6) is -1.03. The minimum Gasteiger partial charge on any atom is -0.388 e. The average Bonchev–Trinajstić information content (AvgIpc) is 2.74. The molecule has 154 valence electrons. The summed E-state index contributed by atoms with van der Waals surface area (Å²) in [5, 5.41) is 10.5. The number of benzene rings is 3.